The van der Waals surface area contributed by atoms with Gasteiger partial charge in [-0.15, -0.1) is 0 Å². The molecular formula is C27H39NO13. The molecule has 0 unspecified atom stereocenters. The number of carbonyl (C=O) groups excluding carboxylic acids is 6. The average Bonchev–Trinajstić information content (AvgIpc) is 2.82. The third-order valence-electron chi connectivity index (χ3n) is 6.87. The van der Waals surface area contributed by atoms with Crippen molar-refractivity contribution in [2.75, 3.05) is 6.61 Å². The maximum Gasteiger partial charge on any atom is 0.303 e. The van der Waals surface area contributed by atoms with E-state index in [9.17, 15) is 38.9 Å². The minimum absolute atomic E-state index is 0.00456. The Labute approximate surface area is 238 Å². The zero-order valence-corrected chi connectivity index (χ0v) is 24.7. The van der Waals surface area contributed by atoms with Crippen LogP contribution >= 0.6 is 0 Å². The fourth-order valence-corrected chi connectivity index (χ4v) is 5.05. The van der Waals surface area contributed by atoms with Crippen LogP contribution in [0.4, 0.5) is 0 Å². The monoisotopic (exact) mass is 585 g/mol. The topological polar surface area (TPSA) is 192 Å². The summed E-state index contributed by atoms with van der Waals surface area (Å²) in [5.41, 5.74) is -0.410. The molecule has 0 heterocycles. The summed E-state index contributed by atoms with van der Waals surface area (Å²) in [4.78, 5) is 84.8. The number of nitrogens with zero attached hydrogens (tertiary/aromatic N) is 1. The fraction of sp³-hybridized carbons (Fsp3) is 0.704. The number of ether oxygens (including phenoxy) is 5. The first-order valence-corrected chi connectivity index (χ1v) is 13.0. The Morgan fingerprint density at radius 1 is 0.805 bits per heavy atom. The van der Waals surface area contributed by atoms with Gasteiger partial charge in [0.25, 0.3) is 0 Å². The number of esters is 5. The summed E-state index contributed by atoms with van der Waals surface area (Å²) >= 11 is 0. The smallest absolute Gasteiger partial charge is 0.303 e. The summed E-state index contributed by atoms with van der Waals surface area (Å²) in [6.45, 7) is 9.30. The van der Waals surface area contributed by atoms with Gasteiger partial charge in [-0.25, -0.2) is 0 Å². The Kier molecular flexibility index (Phi) is 13.1. The number of Topliss-reactive ketones (excluding diaryl/α,β-unsaturated/α-hetero) is 1. The van der Waals surface area contributed by atoms with Gasteiger partial charge in [0, 0.05) is 58.8 Å². The highest BCUT2D eigenvalue weighted by atomic mass is 16.6. The molecule has 0 aliphatic heterocycles. The van der Waals surface area contributed by atoms with Crippen molar-refractivity contribution in [3.63, 3.8) is 0 Å². The summed E-state index contributed by atoms with van der Waals surface area (Å²) in [7, 11) is 0. The molecule has 0 amide bonds. The van der Waals surface area contributed by atoms with Gasteiger partial charge in [-0.2, -0.15) is 0 Å². The Balaban J connectivity index is 3.99. The molecule has 14 nitrogen and oxygen atoms in total. The molecule has 0 N–H and O–H groups in total. The van der Waals surface area contributed by atoms with Gasteiger partial charge in [0.2, 0.25) is 5.54 Å². The number of rotatable bonds is 14. The first-order chi connectivity index (χ1) is 18.9. The number of allylic oxidation sites excluding steroid dienone is 1. The summed E-state index contributed by atoms with van der Waals surface area (Å²) in [6.07, 6.45) is -7.17. The second-order valence-corrected chi connectivity index (χ2v) is 10.3. The quantitative estimate of drug-likeness (QED) is 0.0949. The number of ketones is 1. The van der Waals surface area contributed by atoms with Crippen LogP contribution < -0.4 is 0 Å². The molecule has 0 aromatic rings. The predicted octanol–water partition coefficient (Wildman–Crippen LogP) is 2.41. The summed E-state index contributed by atoms with van der Waals surface area (Å²) < 4.78 is 26.8. The molecule has 0 fully saturated rings. The van der Waals surface area contributed by atoms with Gasteiger partial charge < -0.3 is 28.5 Å². The summed E-state index contributed by atoms with van der Waals surface area (Å²) in [6, 6.07) is 0. The molecule has 41 heavy (non-hydrogen) atoms. The van der Waals surface area contributed by atoms with E-state index in [1.807, 2.05) is 0 Å². The van der Waals surface area contributed by atoms with Crippen LogP contribution in [0.3, 0.4) is 0 Å². The Bertz CT molecular complexity index is 1080. The first kappa shape index (κ1) is 35.2. The van der Waals surface area contributed by atoms with Crippen LogP contribution in [-0.2, 0) is 52.5 Å². The van der Waals surface area contributed by atoms with Gasteiger partial charge >= 0.3 is 29.8 Å². The lowest BCUT2D eigenvalue weighted by atomic mass is 9.65. The van der Waals surface area contributed by atoms with Crippen molar-refractivity contribution in [2.45, 2.75) is 111 Å². The van der Waals surface area contributed by atoms with Crippen LogP contribution in [0.15, 0.2) is 11.1 Å². The maximum absolute atomic E-state index is 12.8. The van der Waals surface area contributed by atoms with E-state index in [2.05, 4.69) is 0 Å². The van der Waals surface area contributed by atoms with Gasteiger partial charge in [-0.3, -0.25) is 34.1 Å². The van der Waals surface area contributed by atoms with Gasteiger partial charge in [0.15, 0.2) is 24.4 Å². The average molecular weight is 586 g/mol. The molecule has 0 spiro atoms. The van der Waals surface area contributed by atoms with Crippen LogP contribution in [0.25, 0.3) is 0 Å². The van der Waals surface area contributed by atoms with Crippen LogP contribution in [-0.4, -0.2) is 77.1 Å². The zero-order valence-electron chi connectivity index (χ0n) is 24.7. The SMILES string of the molecule is CC(=O)CC[C@]1([N+](=O)[O-])CC(C)=C(C)C[C@H]1[C@@H](OC(C)=O)[C@@H](OC(C)=O)[C@H](OC(C)=O)[C@@H](COC(C)=O)OC(C)=O. The predicted molar refractivity (Wildman–Crippen MR) is 140 cm³/mol. The zero-order chi connectivity index (χ0) is 31.7. The van der Waals surface area contributed by atoms with Crippen molar-refractivity contribution in [3.05, 3.63) is 21.3 Å². The van der Waals surface area contributed by atoms with Crippen LogP contribution in [0.2, 0.25) is 0 Å². The number of hydrogen-bond donors (Lipinski definition) is 0. The molecule has 1 aliphatic carbocycles. The minimum atomic E-state index is -1.86. The van der Waals surface area contributed by atoms with Crippen molar-refractivity contribution in [1.29, 1.82) is 0 Å². The van der Waals surface area contributed by atoms with Crippen LogP contribution in [0.5, 0.6) is 0 Å². The van der Waals surface area contributed by atoms with Crippen molar-refractivity contribution in [3.8, 4) is 0 Å². The van der Waals surface area contributed by atoms with Crippen LogP contribution in [0, 0.1) is 16.0 Å². The second-order valence-electron chi connectivity index (χ2n) is 10.3. The normalized spacial score (nSPS) is 21.4. The van der Waals surface area contributed by atoms with E-state index in [1.165, 1.54) is 6.92 Å². The van der Waals surface area contributed by atoms with Crippen molar-refractivity contribution in [1.82, 2.24) is 0 Å². The van der Waals surface area contributed by atoms with E-state index >= 15 is 0 Å². The largest absolute Gasteiger partial charge is 0.462 e. The molecule has 1 aliphatic rings. The molecule has 0 aromatic heterocycles. The number of carbonyl (C=O) groups is 6. The van der Waals surface area contributed by atoms with E-state index in [-0.39, 0.29) is 31.5 Å². The standard InChI is InChI=1S/C27H39NO13/c1-14-11-22(27(28(35)36,12-15(14)2)10-9-16(3)29)24(39-19(6)32)26(41-21(8)34)25(40-20(7)33)23(38-18(5)31)13-37-17(4)30/h22-26H,9-13H2,1-8H3/t22-,23+,24+,25+,26+,27-/m0/s1. The second kappa shape index (κ2) is 15.2. The molecule has 0 saturated heterocycles. The van der Waals surface area contributed by atoms with Crippen molar-refractivity contribution >= 4 is 35.6 Å². The van der Waals surface area contributed by atoms with E-state index in [4.69, 9.17) is 23.7 Å². The Hall–Kier alpha value is -3.84. The minimum Gasteiger partial charge on any atom is -0.462 e. The third kappa shape index (κ3) is 10.3. The first-order valence-electron chi connectivity index (χ1n) is 13.0. The number of nitro groups is 1. The van der Waals surface area contributed by atoms with E-state index in [0.29, 0.717) is 5.57 Å². The maximum atomic E-state index is 12.8. The summed E-state index contributed by atoms with van der Waals surface area (Å²) in [5.74, 6) is -5.91. The van der Waals surface area contributed by atoms with Gasteiger partial charge in [-0.05, 0) is 27.2 Å². The lowest BCUT2D eigenvalue weighted by Crippen LogP contribution is -2.61. The lowest BCUT2D eigenvalue weighted by Gasteiger charge is -2.44. The van der Waals surface area contributed by atoms with Gasteiger partial charge in [-0.1, -0.05) is 11.1 Å². The highest BCUT2D eigenvalue weighted by molar-refractivity contribution is 5.75. The third-order valence-corrected chi connectivity index (χ3v) is 6.87. The van der Waals surface area contributed by atoms with Crippen LogP contribution in [0.1, 0.15) is 81.1 Å². The molecule has 0 aromatic carbocycles. The molecule has 0 radical (unpaired) electrons. The lowest BCUT2D eigenvalue weighted by molar-refractivity contribution is -0.586. The van der Waals surface area contributed by atoms with E-state index in [0.717, 1.165) is 40.2 Å². The van der Waals surface area contributed by atoms with E-state index in [1.54, 1.807) is 13.8 Å². The Morgan fingerprint density at radius 3 is 1.76 bits per heavy atom. The molecule has 0 bridgehead atoms. The molecule has 230 valence electrons. The number of hydrogen-bond acceptors (Lipinski definition) is 13. The molecular weight excluding hydrogens is 546 g/mol. The summed E-state index contributed by atoms with van der Waals surface area (Å²) in [5, 5.41) is 12.8. The highest BCUT2D eigenvalue weighted by Gasteiger charge is 2.60. The van der Waals surface area contributed by atoms with Gasteiger partial charge in [0.1, 0.15) is 12.4 Å². The van der Waals surface area contributed by atoms with E-state index < -0.39 is 77.2 Å². The molecule has 14 heteroatoms. The Morgan fingerprint density at radius 2 is 1.32 bits per heavy atom. The highest BCUT2D eigenvalue weighted by Crippen LogP contribution is 2.46. The van der Waals surface area contributed by atoms with Gasteiger partial charge in [0.05, 0.1) is 5.92 Å². The molecule has 6 atom stereocenters. The fourth-order valence-electron chi connectivity index (χ4n) is 5.05. The molecule has 0 saturated carbocycles. The van der Waals surface area contributed by atoms with Crippen molar-refractivity contribution in [2.24, 2.45) is 5.92 Å². The molecule has 1 rings (SSSR count). The van der Waals surface area contributed by atoms with Crippen molar-refractivity contribution < 1.29 is 57.4 Å².